The van der Waals surface area contributed by atoms with Crippen LogP contribution < -0.4 is 10.6 Å². The minimum absolute atomic E-state index is 0.120. The van der Waals surface area contributed by atoms with Gasteiger partial charge in [0.1, 0.15) is 0 Å². The lowest BCUT2D eigenvalue weighted by Crippen LogP contribution is -2.51. The second-order valence-corrected chi connectivity index (χ2v) is 12.2. The summed E-state index contributed by atoms with van der Waals surface area (Å²) in [5.74, 6) is 1.45. The first-order chi connectivity index (χ1) is 19.3. The van der Waals surface area contributed by atoms with Crippen LogP contribution in [0, 0.1) is 0 Å². The van der Waals surface area contributed by atoms with Crippen LogP contribution in [0.1, 0.15) is 11.1 Å². The van der Waals surface area contributed by atoms with Gasteiger partial charge in [-0.3, -0.25) is 9.59 Å². The lowest BCUT2D eigenvalue weighted by molar-refractivity contribution is -0.117. The van der Waals surface area contributed by atoms with Crippen LogP contribution in [0.3, 0.4) is 0 Å². The molecule has 0 bridgehead atoms. The van der Waals surface area contributed by atoms with Gasteiger partial charge in [-0.2, -0.15) is 0 Å². The highest BCUT2D eigenvalue weighted by Gasteiger charge is 2.27. The first kappa shape index (κ1) is 29.0. The summed E-state index contributed by atoms with van der Waals surface area (Å²) in [5.41, 5.74) is 1.32. The number of carbonyl (C=O) groups excluding carboxylic acids is 2. The molecular weight excluding hydrogens is 638 g/mol. The molecule has 0 unspecified atom stereocenters. The highest BCUT2D eigenvalue weighted by Crippen LogP contribution is 2.26. The molecule has 3 saturated heterocycles. The average Bonchev–Trinajstić information content (AvgIpc) is 3.54. The van der Waals surface area contributed by atoms with Crippen LogP contribution >= 0.6 is 69.9 Å². The van der Waals surface area contributed by atoms with Crippen molar-refractivity contribution in [1.29, 1.82) is 0 Å². The summed E-state index contributed by atoms with van der Waals surface area (Å²) in [6, 6.07) is 10.4. The minimum atomic E-state index is -0.120. The highest BCUT2D eigenvalue weighted by atomic mass is 35.5. The Kier molecular flexibility index (Phi) is 9.44. The summed E-state index contributed by atoms with van der Waals surface area (Å²) in [6.07, 6.45) is 0. The topological polar surface area (TPSA) is 114 Å². The molecule has 2 amide bonds. The van der Waals surface area contributed by atoms with Crippen molar-refractivity contribution in [1.82, 2.24) is 20.4 Å². The van der Waals surface area contributed by atoms with Crippen LogP contribution in [-0.4, -0.2) is 81.3 Å². The fraction of sp³-hybridized carbons (Fsp3) is 0.250. The van der Waals surface area contributed by atoms with Gasteiger partial charge in [-0.1, -0.05) is 69.9 Å². The van der Waals surface area contributed by atoms with Gasteiger partial charge in [-0.05, 0) is 36.4 Å². The van der Waals surface area contributed by atoms with E-state index in [9.17, 15) is 9.59 Å². The number of benzene rings is 2. The molecule has 3 aliphatic heterocycles. The minimum Gasteiger partial charge on any atom is -0.351 e. The third-order valence-electron chi connectivity index (χ3n) is 5.87. The quantitative estimate of drug-likeness (QED) is 0.287. The number of thioether (sulfide) groups is 2. The van der Waals surface area contributed by atoms with E-state index in [0.717, 1.165) is 0 Å². The Hall–Kier alpha value is -2.48. The van der Waals surface area contributed by atoms with Crippen molar-refractivity contribution in [2.75, 3.05) is 37.7 Å². The van der Waals surface area contributed by atoms with Crippen molar-refractivity contribution in [3.8, 4) is 0 Å². The van der Waals surface area contributed by atoms with Crippen LogP contribution in [0.4, 0.5) is 0 Å². The standard InChI is InChI=1S/C24H20Cl4N8O2S2/c25-13-1-3-15(17(27)9-13)21(31-33-23-29-19(37)11-39-23)35-5-7-36(8-6-35)22(16-4-2-14(26)10-18(16)28)32-34-24-30-20(38)12-40-24/h1-4,9-10H,5-8,11-12H2,(H,29,33,37)(H,30,34,38). The van der Waals surface area contributed by atoms with Gasteiger partial charge in [-0.15, -0.1) is 20.4 Å². The summed E-state index contributed by atoms with van der Waals surface area (Å²) in [5, 5.41) is 25.6. The predicted molar refractivity (Wildman–Crippen MR) is 165 cm³/mol. The number of nitrogens with one attached hydrogen (secondary N) is 2. The van der Waals surface area contributed by atoms with Crippen molar-refractivity contribution in [2.24, 2.45) is 20.4 Å². The van der Waals surface area contributed by atoms with Crippen LogP contribution in [0.15, 0.2) is 56.8 Å². The van der Waals surface area contributed by atoms with Gasteiger partial charge in [-0.25, -0.2) is 0 Å². The van der Waals surface area contributed by atoms with Gasteiger partial charge < -0.3 is 20.4 Å². The molecule has 0 aliphatic carbocycles. The molecule has 0 spiro atoms. The van der Waals surface area contributed by atoms with E-state index in [2.05, 4.69) is 40.8 Å². The summed E-state index contributed by atoms with van der Waals surface area (Å²) in [4.78, 5) is 27.3. The molecule has 208 valence electrons. The van der Waals surface area contributed by atoms with E-state index < -0.39 is 0 Å². The van der Waals surface area contributed by atoms with Crippen molar-refractivity contribution in [2.45, 2.75) is 0 Å². The molecule has 3 fully saturated rings. The SMILES string of the molecule is O=C1CS/C(=N\N=C(c2ccc(Cl)cc2Cl)N2CCN(C(=N/N=C3/NC(=O)CS3)c3ccc(Cl)cc3Cl)CC2)N1. The van der Waals surface area contributed by atoms with E-state index >= 15 is 0 Å². The lowest BCUT2D eigenvalue weighted by Gasteiger charge is -2.37. The molecule has 0 radical (unpaired) electrons. The van der Waals surface area contributed by atoms with Gasteiger partial charge >= 0.3 is 0 Å². The van der Waals surface area contributed by atoms with Crippen molar-refractivity contribution in [3.63, 3.8) is 0 Å². The molecule has 2 aromatic rings. The zero-order valence-electron chi connectivity index (χ0n) is 20.5. The summed E-state index contributed by atoms with van der Waals surface area (Å²) in [6.45, 7) is 2.14. The number of piperazine rings is 1. The first-order valence-corrected chi connectivity index (χ1v) is 15.3. The zero-order valence-corrected chi connectivity index (χ0v) is 25.2. The fourth-order valence-electron chi connectivity index (χ4n) is 3.99. The summed E-state index contributed by atoms with van der Waals surface area (Å²) >= 11 is 27.9. The smallest absolute Gasteiger partial charge is 0.236 e. The normalized spacial score (nSPS) is 20.5. The second kappa shape index (κ2) is 13.0. The van der Waals surface area contributed by atoms with Crippen LogP contribution in [0.25, 0.3) is 0 Å². The number of halogens is 4. The summed E-state index contributed by atoms with van der Waals surface area (Å²) < 4.78 is 0. The molecule has 16 heteroatoms. The van der Waals surface area contributed by atoms with Gasteiger partial charge in [0.2, 0.25) is 11.8 Å². The molecule has 3 aliphatic rings. The molecule has 40 heavy (non-hydrogen) atoms. The second-order valence-electron chi connectivity index (χ2n) is 8.55. The molecule has 5 rings (SSSR count). The Morgan fingerprint density at radius 2 is 1.07 bits per heavy atom. The molecule has 0 atom stereocenters. The lowest BCUT2D eigenvalue weighted by atomic mass is 10.1. The van der Waals surface area contributed by atoms with Gasteiger partial charge in [0.25, 0.3) is 0 Å². The van der Waals surface area contributed by atoms with Crippen molar-refractivity contribution in [3.05, 3.63) is 67.6 Å². The van der Waals surface area contributed by atoms with E-state index in [0.29, 0.717) is 90.9 Å². The number of hydrogen-bond acceptors (Lipinski definition) is 8. The molecule has 10 nitrogen and oxygen atoms in total. The van der Waals surface area contributed by atoms with E-state index in [1.165, 1.54) is 23.5 Å². The van der Waals surface area contributed by atoms with Crippen LogP contribution in [0.5, 0.6) is 0 Å². The molecule has 3 heterocycles. The van der Waals surface area contributed by atoms with Gasteiger partial charge in [0, 0.05) is 47.4 Å². The molecule has 0 aromatic heterocycles. The number of hydrogen-bond donors (Lipinski definition) is 2. The maximum absolute atomic E-state index is 11.6. The number of amides is 2. The van der Waals surface area contributed by atoms with Crippen LogP contribution in [0.2, 0.25) is 20.1 Å². The number of carbonyl (C=O) groups is 2. The highest BCUT2D eigenvalue weighted by molar-refractivity contribution is 8.15. The Balaban J connectivity index is 1.42. The zero-order chi connectivity index (χ0) is 28.2. The third kappa shape index (κ3) is 7.04. The van der Waals surface area contributed by atoms with E-state index in [1.54, 1.807) is 36.4 Å². The maximum Gasteiger partial charge on any atom is 0.236 e. The molecule has 0 saturated carbocycles. The van der Waals surface area contributed by atoms with Crippen molar-refractivity contribution < 1.29 is 9.59 Å². The van der Waals surface area contributed by atoms with Crippen LogP contribution in [-0.2, 0) is 9.59 Å². The number of rotatable bonds is 4. The van der Waals surface area contributed by atoms with Gasteiger partial charge in [0.05, 0.1) is 21.6 Å². The van der Waals surface area contributed by atoms with Crippen molar-refractivity contribution >= 4 is 104 Å². The average molecular weight is 658 g/mol. The Morgan fingerprint density at radius 1 is 0.675 bits per heavy atom. The van der Waals surface area contributed by atoms with E-state index in [1.807, 2.05) is 0 Å². The van der Waals surface area contributed by atoms with E-state index in [4.69, 9.17) is 46.4 Å². The first-order valence-electron chi connectivity index (χ1n) is 11.8. The number of amidine groups is 4. The Labute approximate surface area is 258 Å². The Morgan fingerprint density at radius 3 is 1.40 bits per heavy atom. The molecular formula is C24H20Cl4N8O2S2. The Bertz CT molecular complexity index is 1370. The largest absolute Gasteiger partial charge is 0.351 e. The predicted octanol–water partition coefficient (Wildman–Crippen LogP) is 4.38. The van der Waals surface area contributed by atoms with E-state index in [-0.39, 0.29) is 11.8 Å². The summed E-state index contributed by atoms with van der Waals surface area (Å²) in [7, 11) is 0. The number of nitrogens with zero attached hydrogens (tertiary/aromatic N) is 6. The monoisotopic (exact) mass is 656 g/mol. The van der Waals surface area contributed by atoms with Gasteiger partial charge in [0.15, 0.2) is 22.0 Å². The molecule has 2 aromatic carbocycles. The maximum atomic E-state index is 11.6. The fourth-order valence-corrected chi connectivity index (χ4v) is 6.23. The molecule has 2 N–H and O–H groups in total. The third-order valence-corrected chi connectivity index (χ3v) is 8.69.